The molecule has 0 fully saturated rings. The van der Waals surface area contributed by atoms with Gasteiger partial charge in [0.1, 0.15) is 0 Å². The van der Waals surface area contributed by atoms with Crippen molar-refractivity contribution in [2.24, 2.45) is 7.05 Å². The smallest absolute Gasteiger partial charge is 0.319 e. The van der Waals surface area contributed by atoms with Crippen LogP contribution in [0.3, 0.4) is 0 Å². The van der Waals surface area contributed by atoms with E-state index in [0.29, 0.717) is 10.6 Å². The van der Waals surface area contributed by atoms with Crippen LogP contribution in [0.1, 0.15) is 19.0 Å². The minimum atomic E-state index is -1.06. The molecule has 6 heteroatoms. The third-order valence-electron chi connectivity index (χ3n) is 3.69. The van der Waals surface area contributed by atoms with E-state index in [1.54, 1.807) is 30.5 Å². The minimum absolute atomic E-state index is 0.0633. The number of urea groups is 1. The topological polar surface area (TPSA) is 63.1 Å². The maximum atomic E-state index is 12.0. The van der Waals surface area contributed by atoms with Gasteiger partial charge in [-0.15, -0.1) is 0 Å². The summed E-state index contributed by atoms with van der Waals surface area (Å²) in [6.07, 6.45) is 5.41. The van der Waals surface area contributed by atoms with Gasteiger partial charge in [0.2, 0.25) is 0 Å². The van der Waals surface area contributed by atoms with Gasteiger partial charge in [0.25, 0.3) is 0 Å². The predicted molar refractivity (Wildman–Crippen MR) is 94.1 cm³/mol. The Labute approximate surface area is 139 Å². The summed E-state index contributed by atoms with van der Waals surface area (Å²) in [6.45, 7) is 1.99. The number of aryl methyl sites for hydroxylation is 2. The zero-order valence-electron chi connectivity index (χ0n) is 13.7. The Hall–Kier alpha value is -2.08. The number of nitrogens with zero attached hydrogens (tertiary/aromatic N) is 1. The largest absolute Gasteiger partial charge is 0.354 e. The normalized spacial score (nSPS) is 13.3. The summed E-state index contributed by atoms with van der Waals surface area (Å²) < 4.78 is 13.6. The predicted octanol–water partition coefficient (Wildman–Crippen LogP) is 2.91. The molecule has 124 valence electrons. The molecular formula is C17H23N3O2S. The van der Waals surface area contributed by atoms with Crippen molar-refractivity contribution in [1.29, 1.82) is 0 Å². The zero-order chi connectivity index (χ0) is 16.8. The van der Waals surface area contributed by atoms with Gasteiger partial charge in [-0.3, -0.25) is 4.21 Å². The van der Waals surface area contributed by atoms with Gasteiger partial charge in [-0.1, -0.05) is 6.07 Å². The molecule has 1 heterocycles. The van der Waals surface area contributed by atoms with Crippen LogP contribution < -0.4 is 10.6 Å². The molecule has 2 rings (SSSR count). The lowest BCUT2D eigenvalue weighted by Crippen LogP contribution is -2.36. The lowest BCUT2D eigenvalue weighted by atomic mass is 10.1. The van der Waals surface area contributed by atoms with Crippen molar-refractivity contribution in [3.63, 3.8) is 0 Å². The van der Waals surface area contributed by atoms with E-state index in [-0.39, 0.29) is 12.1 Å². The van der Waals surface area contributed by atoms with Gasteiger partial charge in [0, 0.05) is 52.6 Å². The van der Waals surface area contributed by atoms with E-state index in [2.05, 4.69) is 21.3 Å². The van der Waals surface area contributed by atoms with Gasteiger partial charge in [0.15, 0.2) is 0 Å². The molecule has 0 saturated heterocycles. The van der Waals surface area contributed by atoms with E-state index in [1.807, 2.05) is 26.2 Å². The van der Waals surface area contributed by atoms with Crippen LogP contribution in [-0.2, 0) is 24.3 Å². The van der Waals surface area contributed by atoms with Crippen LogP contribution in [0.2, 0.25) is 0 Å². The number of benzene rings is 1. The number of aromatic nitrogens is 1. The van der Waals surface area contributed by atoms with Gasteiger partial charge >= 0.3 is 6.03 Å². The average Bonchev–Trinajstić information content (AvgIpc) is 2.90. The average molecular weight is 333 g/mol. The van der Waals surface area contributed by atoms with E-state index in [4.69, 9.17) is 0 Å². The number of anilines is 1. The highest BCUT2D eigenvalue weighted by Crippen LogP contribution is 2.13. The van der Waals surface area contributed by atoms with E-state index in [9.17, 15) is 9.00 Å². The first-order valence-corrected chi connectivity index (χ1v) is 9.12. The maximum Gasteiger partial charge on any atom is 0.319 e. The number of carbonyl (C=O) groups is 1. The molecule has 0 aliphatic heterocycles. The van der Waals surface area contributed by atoms with Crippen LogP contribution in [0.4, 0.5) is 10.5 Å². The quantitative estimate of drug-likeness (QED) is 0.854. The van der Waals surface area contributed by atoms with E-state index in [1.165, 1.54) is 5.69 Å². The third kappa shape index (κ3) is 5.25. The van der Waals surface area contributed by atoms with Gasteiger partial charge in [0.05, 0.1) is 0 Å². The number of rotatable bonds is 6. The second kappa shape index (κ2) is 7.97. The zero-order valence-corrected chi connectivity index (χ0v) is 14.5. The first kappa shape index (κ1) is 17.3. The maximum absolute atomic E-state index is 12.0. The molecule has 2 N–H and O–H groups in total. The molecule has 5 nitrogen and oxygen atoms in total. The van der Waals surface area contributed by atoms with Crippen LogP contribution in [0.5, 0.6) is 0 Å². The molecule has 2 atom stereocenters. The summed E-state index contributed by atoms with van der Waals surface area (Å²) in [5, 5.41) is 5.71. The molecule has 0 bridgehead atoms. The number of nitrogens with one attached hydrogen (secondary N) is 2. The van der Waals surface area contributed by atoms with Crippen molar-refractivity contribution in [3.8, 4) is 0 Å². The first-order chi connectivity index (χ1) is 11.0. The summed E-state index contributed by atoms with van der Waals surface area (Å²) >= 11 is 0. The van der Waals surface area contributed by atoms with Gasteiger partial charge < -0.3 is 15.2 Å². The highest BCUT2D eigenvalue weighted by Gasteiger charge is 2.09. The Morgan fingerprint density at radius 2 is 2.09 bits per heavy atom. The molecule has 0 aliphatic rings. The monoisotopic (exact) mass is 333 g/mol. The molecule has 2 amide bonds. The Morgan fingerprint density at radius 1 is 1.30 bits per heavy atom. The van der Waals surface area contributed by atoms with Crippen LogP contribution in [0.25, 0.3) is 0 Å². The highest BCUT2D eigenvalue weighted by molar-refractivity contribution is 7.84. The van der Waals surface area contributed by atoms with Crippen LogP contribution in [-0.4, -0.2) is 27.1 Å². The number of hydrogen-bond acceptors (Lipinski definition) is 2. The summed E-state index contributed by atoms with van der Waals surface area (Å²) in [5.74, 6) is 0. The van der Waals surface area contributed by atoms with E-state index < -0.39 is 10.8 Å². The number of amides is 2. The minimum Gasteiger partial charge on any atom is -0.354 e. The molecule has 23 heavy (non-hydrogen) atoms. The van der Waals surface area contributed by atoms with Gasteiger partial charge in [-0.2, -0.15) is 0 Å². The molecule has 0 aliphatic carbocycles. The van der Waals surface area contributed by atoms with Gasteiger partial charge in [-0.25, -0.2) is 4.79 Å². The lowest BCUT2D eigenvalue weighted by Gasteiger charge is -2.15. The van der Waals surface area contributed by atoms with Crippen molar-refractivity contribution in [1.82, 2.24) is 9.88 Å². The van der Waals surface area contributed by atoms with E-state index in [0.717, 1.165) is 12.8 Å². The second-order valence-corrected chi connectivity index (χ2v) is 7.01. The fraction of sp³-hybridized carbons (Fsp3) is 0.353. The van der Waals surface area contributed by atoms with Crippen molar-refractivity contribution >= 4 is 22.5 Å². The van der Waals surface area contributed by atoms with Crippen molar-refractivity contribution < 1.29 is 9.00 Å². The van der Waals surface area contributed by atoms with E-state index >= 15 is 0 Å². The number of hydrogen-bond donors (Lipinski definition) is 2. The molecule has 2 unspecified atom stereocenters. The molecule has 0 radical (unpaired) electrons. The SMILES string of the molecule is CC(CCc1cccn1C)NC(=O)Nc1cccc(S(C)=O)c1. The Balaban J connectivity index is 1.83. The molecule has 2 aromatic rings. The van der Waals surface area contributed by atoms with Crippen molar-refractivity contribution in [2.75, 3.05) is 11.6 Å². The third-order valence-corrected chi connectivity index (χ3v) is 4.60. The highest BCUT2D eigenvalue weighted by atomic mass is 32.2. The van der Waals surface area contributed by atoms with Crippen LogP contribution in [0.15, 0.2) is 47.5 Å². The lowest BCUT2D eigenvalue weighted by molar-refractivity contribution is 0.248. The standard InChI is InChI=1S/C17H23N3O2S/c1-13(9-10-15-7-5-11-20(15)2)18-17(21)19-14-6-4-8-16(12-14)23(3)22/h4-8,11-13H,9-10H2,1-3H3,(H2,18,19,21). The Kier molecular flexibility index (Phi) is 5.98. The fourth-order valence-corrected chi connectivity index (χ4v) is 2.90. The summed E-state index contributed by atoms with van der Waals surface area (Å²) in [4.78, 5) is 12.7. The Morgan fingerprint density at radius 3 is 2.74 bits per heavy atom. The fourth-order valence-electron chi connectivity index (χ4n) is 2.34. The number of carbonyl (C=O) groups excluding carboxylic acids is 1. The molecule has 1 aromatic carbocycles. The van der Waals surface area contributed by atoms with Crippen molar-refractivity contribution in [3.05, 3.63) is 48.3 Å². The molecule has 0 spiro atoms. The molecule has 0 saturated carbocycles. The molecular weight excluding hydrogens is 310 g/mol. The molecule has 1 aromatic heterocycles. The summed E-state index contributed by atoms with van der Waals surface area (Å²) in [5.41, 5.74) is 1.89. The van der Waals surface area contributed by atoms with Crippen LogP contribution >= 0.6 is 0 Å². The van der Waals surface area contributed by atoms with Crippen molar-refractivity contribution in [2.45, 2.75) is 30.7 Å². The Bertz CT molecular complexity index is 697. The first-order valence-electron chi connectivity index (χ1n) is 7.57. The van der Waals surface area contributed by atoms with Gasteiger partial charge in [-0.05, 0) is 50.1 Å². The van der Waals surface area contributed by atoms with Crippen LogP contribution in [0, 0.1) is 0 Å². The summed E-state index contributed by atoms with van der Waals surface area (Å²) in [6, 6.07) is 11.0. The second-order valence-electron chi connectivity index (χ2n) is 5.63. The summed E-state index contributed by atoms with van der Waals surface area (Å²) in [7, 11) is 0.957.